The summed E-state index contributed by atoms with van der Waals surface area (Å²) in [7, 11) is 0. The summed E-state index contributed by atoms with van der Waals surface area (Å²) in [6.07, 6.45) is 1.64. The lowest BCUT2D eigenvalue weighted by atomic mass is 10.1. The molecule has 9 heteroatoms. The number of thioether (sulfide) groups is 1. The maximum atomic E-state index is 13.5. The zero-order valence-electron chi connectivity index (χ0n) is 15.2. The van der Waals surface area contributed by atoms with Crippen molar-refractivity contribution in [2.24, 2.45) is 10.1 Å². The van der Waals surface area contributed by atoms with Crippen LogP contribution >= 0.6 is 23.4 Å². The van der Waals surface area contributed by atoms with Crippen molar-refractivity contribution in [2.45, 2.75) is 20.8 Å². The molecule has 2 aliphatic rings. The maximum Gasteiger partial charge on any atom is 0.283 e. The van der Waals surface area contributed by atoms with Crippen LogP contribution in [0.25, 0.3) is 11.8 Å². The molecule has 0 aliphatic carbocycles. The normalized spacial score (nSPS) is 17.9. The Hall–Kier alpha value is -2.71. The van der Waals surface area contributed by atoms with Crippen molar-refractivity contribution >= 4 is 51.4 Å². The van der Waals surface area contributed by atoms with Crippen molar-refractivity contribution in [3.05, 3.63) is 57.6 Å². The van der Waals surface area contributed by atoms with E-state index in [1.165, 1.54) is 22.8 Å². The Balaban J connectivity index is 1.78. The number of amides is 1. The Morgan fingerprint density at radius 3 is 2.71 bits per heavy atom. The van der Waals surface area contributed by atoms with Gasteiger partial charge in [-0.15, -0.1) is 0 Å². The minimum absolute atomic E-state index is 0.00557. The van der Waals surface area contributed by atoms with Crippen LogP contribution < -0.4 is 0 Å². The van der Waals surface area contributed by atoms with Gasteiger partial charge >= 0.3 is 0 Å². The number of fused-ring (bicyclic) bond motifs is 1. The SMILES string of the molecule is CC1=NN2C(=N)/C(=C\c3cc(C)n(-c4ccc(F)c(Cl)c4)c3C)C(=O)N=C2S1. The van der Waals surface area contributed by atoms with Gasteiger partial charge in [-0.1, -0.05) is 11.6 Å². The number of carbonyl (C=O) groups excluding carboxylic acids is 1. The average Bonchev–Trinajstić information content (AvgIpc) is 3.13. The molecule has 0 unspecified atom stereocenters. The Morgan fingerprint density at radius 2 is 2.00 bits per heavy atom. The number of aromatic nitrogens is 1. The largest absolute Gasteiger partial charge is 0.318 e. The van der Waals surface area contributed by atoms with E-state index in [4.69, 9.17) is 17.0 Å². The van der Waals surface area contributed by atoms with Crippen molar-refractivity contribution in [1.82, 2.24) is 9.58 Å². The number of nitrogens with one attached hydrogen (secondary N) is 1. The van der Waals surface area contributed by atoms with Gasteiger partial charge in [-0.25, -0.2) is 4.39 Å². The zero-order valence-corrected chi connectivity index (χ0v) is 16.8. The van der Waals surface area contributed by atoms with Gasteiger partial charge < -0.3 is 4.57 Å². The topological polar surface area (TPSA) is 73.8 Å². The number of hydrogen-bond acceptors (Lipinski definition) is 4. The van der Waals surface area contributed by atoms with Gasteiger partial charge in [-0.3, -0.25) is 10.2 Å². The average molecular weight is 416 g/mol. The van der Waals surface area contributed by atoms with Crippen LogP contribution in [0.2, 0.25) is 5.02 Å². The fraction of sp³-hybridized carbons (Fsp3) is 0.158. The molecule has 0 radical (unpaired) electrons. The first-order valence-electron chi connectivity index (χ1n) is 8.37. The molecule has 6 nitrogen and oxygen atoms in total. The Bertz CT molecular complexity index is 1150. The molecule has 0 fully saturated rings. The highest BCUT2D eigenvalue weighted by Gasteiger charge is 2.34. The summed E-state index contributed by atoms with van der Waals surface area (Å²) in [6, 6.07) is 6.40. The molecule has 4 rings (SSSR count). The predicted octanol–water partition coefficient (Wildman–Crippen LogP) is 4.53. The first kappa shape index (κ1) is 18.6. The van der Waals surface area contributed by atoms with Gasteiger partial charge in [-0.2, -0.15) is 15.1 Å². The molecule has 1 N–H and O–H groups in total. The standard InChI is InChI=1S/C19H15ClFN5OS/c1-9-6-12(10(2)25(9)13-4-5-16(21)15(20)8-13)7-14-17(22)26-19(23-18(14)27)28-11(3)24-26/h4-8,22H,1-3H3/b14-7+,22-17?. The third kappa shape index (κ3) is 2.98. The van der Waals surface area contributed by atoms with Gasteiger partial charge in [0.25, 0.3) is 5.91 Å². The van der Waals surface area contributed by atoms with E-state index >= 15 is 0 Å². The van der Waals surface area contributed by atoms with Crippen molar-refractivity contribution in [2.75, 3.05) is 0 Å². The van der Waals surface area contributed by atoms with Gasteiger partial charge in [0.15, 0.2) is 5.84 Å². The lowest BCUT2D eigenvalue weighted by Crippen LogP contribution is -2.35. The number of halogens is 2. The van der Waals surface area contributed by atoms with E-state index in [0.29, 0.717) is 10.9 Å². The van der Waals surface area contributed by atoms with Gasteiger partial charge in [0, 0.05) is 17.1 Å². The van der Waals surface area contributed by atoms with E-state index in [1.54, 1.807) is 25.1 Å². The van der Waals surface area contributed by atoms with E-state index in [-0.39, 0.29) is 16.4 Å². The molecule has 2 aliphatic heterocycles. The maximum absolute atomic E-state index is 13.5. The van der Waals surface area contributed by atoms with Gasteiger partial charge in [0.1, 0.15) is 5.82 Å². The summed E-state index contributed by atoms with van der Waals surface area (Å²) in [5.41, 5.74) is 3.36. The molecular formula is C19H15ClFN5OS. The molecule has 142 valence electrons. The van der Waals surface area contributed by atoms with Gasteiger partial charge in [-0.05, 0) is 68.4 Å². The third-order valence-corrected chi connectivity index (χ3v) is 5.60. The lowest BCUT2D eigenvalue weighted by molar-refractivity contribution is -0.114. The fourth-order valence-electron chi connectivity index (χ4n) is 3.20. The van der Waals surface area contributed by atoms with E-state index in [0.717, 1.165) is 22.0 Å². The molecule has 3 heterocycles. The smallest absolute Gasteiger partial charge is 0.283 e. The second-order valence-corrected chi connectivity index (χ2v) is 7.97. The quantitative estimate of drug-likeness (QED) is 0.732. The summed E-state index contributed by atoms with van der Waals surface area (Å²) in [5, 5.41) is 15.1. The Kier molecular flexibility index (Phi) is 4.47. The van der Waals surface area contributed by atoms with Crippen LogP contribution in [0.1, 0.15) is 23.9 Å². The highest BCUT2D eigenvalue weighted by atomic mass is 35.5. The number of hydrogen-bond donors (Lipinski definition) is 1. The van der Waals surface area contributed by atoms with Crippen molar-refractivity contribution < 1.29 is 9.18 Å². The monoisotopic (exact) mass is 415 g/mol. The number of aryl methyl sites for hydroxylation is 1. The van der Waals surface area contributed by atoms with Crippen molar-refractivity contribution in [3.8, 4) is 5.69 Å². The highest BCUT2D eigenvalue weighted by molar-refractivity contribution is 8.26. The lowest BCUT2D eigenvalue weighted by Gasteiger charge is -2.20. The zero-order chi connectivity index (χ0) is 20.2. The molecule has 0 atom stereocenters. The van der Waals surface area contributed by atoms with E-state index in [9.17, 15) is 9.18 Å². The molecule has 1 aromatic heterocycles. The Labute approximate surface area is 169 Å². The first-order chi connectivity index (χ1) is 13.3. The summed E-state index contributed by atoms with van der Waals surface area (Å²) in [6.45, 7) is 5.59. The summed E-state index contributed by atoms with van der Waals surface area (Å²) in [4.78, 5) is 16.5. The van der Waals surface area contributed by atoms with Crippen LogP contribution in [-0.2, 0) is 4.79 Å². The second kappa shape index (κ2) is 6.72. The fourth-order valence-corrected chi connectivity index (χ4v) is 4.11. The van der Waals surface area contributed by atoms with Crippen LogP contribution in [0.3, 0.4) is 0 Å². The van der Waals surface area contributed by atoms with Crippen LogP contribution in [0, 0.1) is 25.1 Å². The molecular weight excluding hydrogens is 401 g/mol. The summed E-state index contributed by atoms with van der Waals surface area (Å²) in [5.74, 6) is -0.957. The third-order valence-electron chi connectivity index (χ3n) is 4.49. The van der Waals surface area contributed by atoms with E-state index in [1.807, 2.05) is 24.5 Å². The molecule has 0 bridgehead atoms. The minimum atomic E-state index is -0.482. The number of aliphatic imine (C=N–C) groups is 1. The van der Waals surface area contributed by atoms with Crippen molar-refractivity contribution in [1.29, 1.82) is 5.41 Å². The predicted molar refractivity (Wildman–Crippen MR) is 111 cm³/mol. The van der Waals surface area contributed by atoms with Crippen LogP contribution in [0.5, 0.6) is 0 Å². The molecule has 1 amide bonds. The van der Waals surface area contributed by atoms with Crippen LogP contribution in [-0.4, -0.2) is 31.5 Å². The second-order valence-electron chi connectivity index (χ2n) is 6.40. The number of hydrazone groups is 1. The summed E-state index contributed by atoms with van der Waals surface area (Å²) < 4.78 is 15.4. The minimum Gasteiger partial charge on any atom is -0.318 e. The summed E-state index contributed by atoms with van der Waals surface area (Å²) >= 11 is 7.19. The number of nitrogens with zero attached hydrogens (tertiary/aromatic N) is 4. The molecule has 1 aromatic carbocycles. The van der Waals surface area contributed by atoms with E-state index in [2.05, 4.69) is 10.1 Å². The molecule has 2 aromatic rings. The number of amidine groups is 2. The number of carbonyl (C=O) groups is 1. The molecule has 28 heavy (non-hydrogen) atoms. The highest BCUT2D eigenvalue weighted by Crippen LogP contribution is 2.30. The van der Waals surface area contributed by atoms with Gasteiger partial charge in [0.2, 0.25) is 5.17 Å². The first-order valence-corrected chi connectivity index (χ1v) is 9.57. The molecule has 0 saturated carbocycles. The van der Waals surface area contributed by atoms with Crippen LogP contribution in [0.4, 0.5) is 4.39 Å². The van der Waals surface area contributed by atoms with Gasteiger partial charge in [0.05, 0.1) is 15.6 Å². The Morgan fingerprint density at radius 1 is 1.25 bits per heavy atom. The molecule has 0 saturated heterocycles. The number of benzene rings is 1. The van der Waals surface area contributed by atoms with Crippen molar-refractivity contribution in [3.63, 3.8) is 0 Å². The van der Waals surface area contributed by atoms with E-state index < -0.39 is 11.7 Å². The molecule has 0 spiro atoms. The van der Waals surface area contributed by atoms with Crippen LogP contribution in [0.15, 0.2) is 39.9 Å². The number of rotatable bonds is 2.